The van der Waals surface area contributed by atoms with E-state index >= 15 is 0 Å². The molecule has 0 radical (unpaired) electrons. The summed E-state index contributed by atoms with van der Waals surface area (Å²) in [6.07, 6.45) is -0.833. The smallest absolute Gasteiger partial charge is 0.220 e. The zero-order chi connectivity index (χ0) is 17.7. The van der Waals surface area contributed by atoms with E-state index in [2.05, 4.69) is 5.32 Å². The molecule has 2 aromatic rings. The monoisotopic (exact) mass is 333 g/mol. The summed E-state index contributed by atoms with van der Waals surface area (Å²) in [6, 6.07) is 11.3. The van der Waals surface area contributed by atoms with Crippen LogP contribution in [0.2, 0.25) is 0 Å². The van der Waals surface area contributed by atoms with Crippen LogP contribution in [0.15, 0.2) is 48.5 Å². The van der Waals surface area contributed by atoms with Gasteiger partial charge in [-0.3, -0.25) is 4.79 Å². The molecule has 0 aliphatic rings. The molecule has 0 bridgehead atoms. The van der Waals surface area contributed by atoms with Crippen molar-refractivity contribution in [3.8, 4) is 0 Å². The minimum atomic E-state index is -0.946. The Morgan fingerprint density at radius 1 is 1.08 bits per heavy atom. The maximum absolute atomic E-state index is 13.7. The van der Waals surface area contributed by atoms with Crippen molar-refractivity contribution in [3.05, 3.63) is 71.3 Å². The van der Waals surface area contributed by atoms with Crippen LogP contribution in [0.3, 0.4) is 0 Å². The number of hydrogen-bond donors (Lipinski definition) is 2. The molecule has 2 rings (SSSR count). The highest BCUT2D eigenvalue weighted by atomic mass is 19.1. The van der Waals surface area contributed by atoms with E-state index in [1.54, 1.807) is 32.0 Å². The molecule has 24 heavy (non-hydrogen) atoms. The summed E-state index contributed by atoms with van der Waals surface area (Å²) in [5.41, 5.74) is 1.01. The van der Waals surface area contributed by atoms with Crippen molar-refractivity contribution < 1.29 is 18.7 Å². The van der Waals surface area contributed by atoms with Gasteiger partial charge in [-0.2, -0.15) is 0 Å². The quantitative estimate of drug-likeness (QED) is 0.847. The number of carbonyl (C=O) groups excluding carboxylic acids is 1. The van der Waals surface area contributed by atoms with Gasteiger partial charge in [0.1, 0.15) is 11.6 Å². The van der Waals surface area contributed by atoms with Crippen molar-refractivity contribution in [1.29, 1.82) is 0 Å². The summed E-state index contributed by atoms with van der Waals surface area (Å²) in [4.78, 5) is 12.1. The second kappa shape index (κ2) is 8.02. The van der Waals surface area contributed by atoms with Gasteiger partial charge in [-0.25, -0.2) is 8.78 Å². The van der Waals surface area contributed by atoms with Crippen molar-refractivity contribution in [3.63, 3.8) is 0 Å². The lowest BCUT2D eigenvalue weighted by atomic mass is 9.96. The van der Waals surface area contributed by atoms with Crippen molar-refractivity contribution in [2.24, 2.45) is 0 Å². The number of hydrogen-bond acceptors (Lipinski definition) is 2. The van der Waals surface area contributed by atoms with E-state index in [1.165, 1.54) is 30.3 Å². The Bertz CT molecular complexity index is 688. The standard InChI is InChI=1S/C19H21F2NO2/c1-12(16-5-3-4-6-17(16)21)11-18(23)22-13(2)19(24)14-7-9-15(20)10-8-14/h3-10,12-13,19,24H,11H2,1-2H3,(H,22,23). The van der Waals surface area contributed by atoms with Crippen LogP contribution in [0.5, 0.6) is 0 Å². The second-order valence-corrected chi connectivity index (χ2v) is 5.98. The SMILES string of the molecule is CC(CC(=O)NC(C)C(O)c1ccc(F)cc1)c1ccccc1F. The Morgan fingerprint density at radius 2 is 1.71 bits per heavy atom. The molecule has 0 aromatic heterocycles. The molecule has 2 aromatic carbocycles. The molecule has 0 spiro atoms. The highest BCUT2D eigenvalue weighted by molar-refractivity contribution is 5.77. The van der Waals surface area contributed by atoms with Crippen LogP contribution >= 0.6 is 0 Å². The van der Waals surface area contributed by atoms with E-state index in [1.807, 2.05) is 0 Å². The summed E-state index contributed by atoms with van der Waals surface area (Å²) < 4.78 is 26.6. The second-order valence-electron chi connectivity index (χ2n) is 5.98. The third-order valence-electron chi connectivity index (χ3n) is 4.00. The summed E-state index contributed by atoms with van der Waals surface area (Å²) in [5.74, 6) is -1.28. The van der Waals surface area contributed by atoms with Crippen molar-refractivity contribution in [2.45, 2.75) is 38.3 Å². The Balaban J connectivity index is 1.93. The number of halogens is 2. The van der Waals surface area contributed by atoms with Crippen LogP contribution in [0, 0.1) is 11.6 Å². The van der Waals surface area contributed by atoms with Crippen LogP contribution in [0.4, 0.5) is 8.78 Å². The van der Waals surface area contributed by atoms with Gasteiger partial charge in [-0.15, -0.1) is 0 Å². The first-order valence-corrected chi connectivity index (χ1v) is 7.85. The van der Waals surface area contributed by atoms with Gasteiger partial charge in [0.05, 0.1) is 12.1 Å². The maximum atomic E-state index is 13.7. The molecule has 2 N–H and O–H groups in total. The number of nitrogens with one attached hydrogen (secondary N) is 1. The molecular weight excluding hydrogens is 312 g/mol. The first kappa shape index (κ1) is 18.1. The van der Waals surface area contributed by atoms with Gasteiger partial charge in [0.2, 0.25) is 5.91 Å². The van der Waals surface area contributed by atoms with E-state index in [4.69, 9.17) is 0 Å². The summed E-state index contributed by atoms with van der Waals surface area (Å²) in [7, 11) is 0. The molecular formula is C19H21F2NO2. The van der Waals surface area contributed by atoms with E-state index in [-0.39, 0.29) is 29.9 Å². The Labute approximate surface area is 140 Å². The largest absolute Gasteiger partial charge is 0.386 e. The minimum Gasteiger partial charge on any atom is -0.386 e. The van der Waals surface area contributed by atoms with Gasteiger partial charge in [0.15, 0.2) is 0 Å². The fourth-order valence-electron chi connectivity index (χ4n) is 2.60. The predicted octanol–water partition coefficient (Wildman–Crippen LogP) is 3.70. The van der Waals surface area contributed by atoms with Crippen LogP contribution in [0.1, 0.15) is 43.4 Å². The molecule has 1 amide bonds. The Kier molecular flexibility index (Phi) is 6.04. The zero-order valence-corrected chi connectivity index (χ0v) is 13.7. The van der Waals surface area contributed by atoms with Gasteiger partial charge >= 0.3 is 0 Å². The molecule has 3 unspecified atom stereocenters. The summed E-state index contributed by atoms with van der Waals surface area (Å²) >= 11 is 0. The van der Waals surface area contributed by atoms with Crippen molar-refractivity contribution >= 4 is 5.91 Å². The first-order valence-electron chi connectivity index (χ1n) is 7.85. The number of aliphatic hydroxyl groups is 1. The lowest BCUT2D eigenvalue weighted by Gasteiger charge is -2.22. The average Bonchev–Trinajstić information content (AvgIpc) is 2.55. The zero-order valence-electron chi connectivity index (χ0n) is 13.7. The van der Waals surface area contributed by atoms with Crippen LogP contribution in [-0.2, 0) is 4.79 Å². The number of aliphatic hydroxyl groups excluding tert-OH is 1. The normalized spacial score (nSPS) is 14.7. The lowest BCUT2D eigenvalue weighted by molar-refractivity contribution is -0.122. The number of benzene rings is 2. The fraction of sp³-hybridized carbons (Fsp3) is 0.316. The van der Waals surface area contributed by atoms with E-state index < -0.39 is 12.1 Å². The minimum absolute atomic E-state index is 0.113. The number of carbonyl (C=O) groups is 1. The third-order valence-corrected chi connectivity index (χ3v) is 4.00. The molecule has 0 fully saturated rings. The van der Waals surface area contributed by atoms with Gasteiger partial charge < -0.3 is 10.4 Å². The Morgan fingerprint density at radius 3 is 2.33 bits per heavy atom. The molecule has 0 aliphatic heterocycles. The summed E-state index contributed by atoms with van der Waals surface area (Å²) in [5, 5.41) is 12.9. The van der Waals surface area contributed by atoms with E-state index in [0.29, 0.717) is 11.1 Å². The van der Waals surface area contributed by atoms with Gasteiger partial charge in [0.25, 0.3) is 0 Å². The van der Waals surface area contributed by atoms with Crippen molar-refractivity contribution in [1.82, 2.24) is 5.32 Å². The maximum Gasteiger partial charge on any atom is 0.220 e. The van der Waals surface area contributed by atoms with Crippen LogP contribution in [0.25, 0.3) is 0 Å². The average molecular weight is 333 g/mol. The third kappa shape index (κ3) is 4.61. The molecule has 0 saturated carbocycles. The van der Waals surface area contributed by atoms with Gasteiger partial charge in [-0.1, -0.05) is 37.3 Å². The number of rotatable bonds is 6. The first-order chi connectivity index (χ1) is 11.4. The van der Waals surface area contributed by atoms with E-state index in [0.717, 1.165) is 0 Å². The van der Waals surface area contributed by atoms with Crippen LogP contribution < -0.4 is 5.32 Å². The van der Waals surface area contributed by atoms with Crippen LogP contribution in [-0.4, -0.2) is 17.1 Å². The number of amides is 1. The molecule has 3 atom stereocenters. The van der Waals surface area contributed by atoms with Gasteiger partial charge in [0, 0.05) is 6.42 Å². The predicted molar refractivity (Wildman–Crippen MR) is 88.4 cm³/mol. The molecule has 3 nitrogen and oxygen atoms in total. The fourth-order valence-corrected chi connectivity index (χ4v) is 2.60. The molecule has 0 saturated heterocycles. The van der Waals surface area contributed by atoms with Gasteiger partial charge in [-0.05, 0) is 42.2 Å². The molecule has 5 heteroatoms. The summed E-state index contributed by atoms with van der Waals surface area (Å²) in [6.45, 7) is 3.44. The van der Waals surface area contributed by atoms with Crippen molar-refractivity contribution in [2.75, 3.05) is 0 Å². The highest BCUT2D eigenvalue weighted by Crippen LogP contribution is 2.22. The Hall–Kier alpha value is -2.27. The lowest BCUT2D eigenvalue weighted by Crippen LogP contribution is -2.37. The topological polar surface area (TPSA) is 49.3 Å². The highest BCUT2D eigenvalue weighted by Gasteiger charge is 2.20. The molecule has 128 valence electrons. The molecule has 0 aliphatic carbocycles. The molecule has 0 heterocycles. The van der Waals surface area contributed by atoms with E-state index in [9.17, 15) is 18.7 Å².